The lowest BCUT2D eigenvalue weighted by atomic mass is 9.65. The standard InChI is InChI=1S/C31H34N2O8/c1-18(34)26-11-38-22-7-5-20(9-24(22)40-26)28(36)32-14-30(3)13-31(4,15-32)17-33(16-30)29(37)21-6-8-23-25(10-21)41-27(12-39-23)19(2)35/h5-10,26-27H,11-17H2,1-4H3. The molecule has 0 saturated carbocycles. The van der Waals surface area contributed by atoms with Crippen LogP contribution in [0.4, 0.5) is 0 Å². The van der Waals surface area contributed by atoms with Crippen LogP contribution in [0.5, 0.6) is 23.0 Å². The van der Waals surface area contributed by atoms with Gasteiger partial charge in [-0.15, -0.1) is 0 Å². The van der Waals surface area contributed by atoms with Gasteiger partial charge in [0.2, 0.25) is 0 Å². The third-order valence-electron chi connectivity index (χ3n) is 8.33. The predicted molar refractivity (Wildman–Crippen MR) is 147 cm³/mol. The number of carbonyl (C=O) groups is 4. The Morgan fingerprint density at radius 2 is 1.05 bits per heavy atom. The van der Waals surface area contributed by atoms with Crippen LogP contribution in [0.15, 0.2) is 36.4 Å². The monoisotopic (exact) mass is 562 g/mol. The molecule has 4 aliphatic heterocycles. The van der Waals surface area contributed by atoms with E-state index in [1.54, 1.807) is 36.4 Å². The zero-order valence-corrected chi connectivity index (χ0v) is 23.7. The van der Waals surface area contributed by atoms with E-state index in [9.17, 15) is 19.2 Å². The van der Waals surface area contributed by atoms with Crippen LogP contribution in [0.2, 0.25) is 0 Å². The quantitative estimate of drug-likeness (QED) is 0.559. The Kier molecular flexibility index (Phi) is 6.47. The second-order valence-electron chi connectivity index (χ2n) is 12.5. The summed E-state index contributed by atoms with van der Waals surface area (Å²) in [5, 5.41) is 0. The maximum atomic E-state index is 13.7. The first-order chi connectivity index (χ1) is 19.4. The van der Waals surface area contributed by atoms with Gasteiger partial charge in [0.05, 0.1) is 0 Å². The minimum Gasteiger partial charge on any atom is -0.485 e. The highest BCUT2D eigenvalue weighted by atomic mass is 16.6. The summed E-state index contributed by atoms with van der Waals surface area (Å²) < 4.78 is 22.9. The molecule has 0 spiro atoms. The Morgan fingerprint density at radius 1 is 0.659 bits per heavy atom. The molecule has 41 heavy (non-hydrogen) atoms. The topological polar surface area (TPSA) is 112 Å². The molecule has 2 atom stereocenters. The van der Waals surface area contributed by atoms with Crippen molar-refractivity contribution in [3.05, 3.63) is 47.5 Å². The van der Waals surface area contributed by atoms with E-state index < -0.39 is 12.2 Å². The van der Waals surface area contributed by atoms with Crippen molar-refractivity contribution in [3.8, 4) is 23.0 Å². The molecule has 4 heterocycles. The normalized spacial score (nSPS) is 28.1. The minimum atomic E-state index is -0.687. The van der Waals surface area contributed by atoms with E-state index in [2.05, 4.69) is 13.8 Å². The van der Waals surface area contributed by atoms with Crippen LogP contribution >= 0.6 is 0 Å². The first-order valence-corrected chi connectivity index (χ1v) is 13.9. The fourth-order valence-corrected chi connectivity index (χ4v) is 6.77. The molecule has 6 rings (SSSR count). The van der Waals surface area contributed by atoms with Gasteiger partial charge in [0.25, 0.3) is 11.8 Å². The number of fused-ring (bicyclic) bond motifs is 4. The summed E-state index contributed by atoms with van der Waals surface area (Å²) in [6.45, 7) is 9.43. The van der Waals surface area contributed by atoms with Gasteiger partial charge in [0.15, 0.2) is 46.8 Å². The molecule has 2 bridgehead atoms. The predicted octanol–water partition coefficient (Wildman–Crippen LogP) is 3.16. The van der Waals surface area contributed by atoms with E-state index in [0.29, 0.717) is 60.3 Å². The van der Waals surface area contributed by atoms with Crippen molar-refractivity contribution in [3.63, 3.8) is 0 Å². The van der Waals surface area contributed by atoms with Gasteiger partial charge in [0.1, 0.15) is 13.2 Å². The van der Waals surface area contributed by atoms with Gasteiger partial charge in [-0.1, -0.05) is 13.8 Å². The lowest BCUT2D eigenvalue weighted by Gasteiger charge is -2.56. The van der Waals surface area contributed by atoms with Crippen molar-refractivity contribution in [2.45, 2.75) is 46.3 Å². The van der Waals surface area contributed by atoms with Gasteiger partial charge in [-0.05, 0) is 56.7 Å². The number of piperidine rings is 2. The smallest absolute Gasteiger partial charge is 0.254 e. The van der Waals surface area contributed by atoms with E-state index in [0.717, 1.165) is 6.42 Å². The summed E-state index contributed by atoms with van der Waals surface area (Å²) in [4.78, 5) is 54.7. The molecule has 0 aromatic heterocycles. The molecule has 10 nitrogen and oxygen atoms in total. The molecule has 2 unspecified atom stereocenters. The van der Waals surface area contributed by atoms with Crippen molar-refractivity contribution >= 4 is 23.4 Å². The van der Waals surface area contributed by atoms with Gasteiger partial charge in [0, 0.05) is 48.1 Å². The van der Waals surface area contributed by atoms with Crippen molar-refractivity contribution in [1.82, 2.24) is 9.80 Å². The van der Waals surface area contributed by atoms with Crippen LogP contribution in [-0.4, -0.2) is 84.8 Å². The second-order valence-corrected chi connectivity index (χ2v) is 12.5. The summed E-state index contributed by atoms with van der Waals surface area (Å²) in [5.74, 6) is 1.30. The van der Waals surface area contributed by atoms with Gasteiger partial charge in [-0.25, -0.2) is 0 Å². The summed E-state index contributed by atoms with van der Waals surface area (Å²) in [6, 6.07) is 10.2. The summed E-state index contributed by atoms with van der Waals surface area (Å²) in [7, 11) is 0. The van der Waals surface area contributed by atoms with E-state index in [-0.39, 0.29) is 47.4 Å². The fourth-order valence-electron chi connectivity index (χ4n) is 6.77. The van der Waals surface area contributed by atoms with Crippen LogP contribution in [-0.2, 0) is 9.59 Å². The number of ketones is 2. The van der Waals surface area contributed by atoms with Crippen LogP contribution in [0.3, 0.4) is 0 Å². The highest BCUT2D eigenvalue weighted by Gasteiger charge is 2.50. The number of likely N-dealkylation sites (tertiary alicyclic amines) is 2. The largest absolute Gasteiger partial charge is 0.485 e. The number of benzene rings is 2. The molecule has 2 saturated heterocycles. The molecule has 216 valence electrons. The molecule has 0 radical (unpaired) electrons. The summed E-state index contributed by atoms with van der Waals surface area (Å²) in [5.41, 5.74) is 0.323. The van der Waals surface area contributed by atoms with Crippen LogP contribution in [0.25, 0.3) is 0 Å². The zero-order valence-electron chi connectivity index (χ0n) is 23.7. The zero-order chi connectivity index (χ0) is 29.1. The van der Waals surface area contributed by atoms with Gasteiger partial charge in [-0.2, -0.15) is 0 Å². The Labute approximate surface area is 238 Å². The van der Waals surface area contributed by atoms with E-state index >= 15 is 0 Å². The van der Waals surface area contributed by atoms with E-state index in [4.69, 9.17) is 18.9 Å². The first kappa shape index (κ1) is 27.1. The average molecular weight is 563 g/mol. The molecule has 2 aromatic rings. The summed E-state index contributed by atoms with van der Waals surface area (Å²) in [6.07, 6.45) is -0.488. The molecule has 2 amide bonds. The van der Waals surface area contributed by atoms with Crippen molar-refractivity contribution in [2.75, 3.05) is 39.4 Å². The summed E-state index contributed by atoms with van der Waals surface area (Å²) >= 11 is 0. The number of ether oxygens (including phenoxy) is 4. The fraction of sp³-hybridized carbons (Fsp3) is 0.484. The number of amides is 2. The van der Waals surface area contributed by atoms with E-state index in [1.807, 2.05) is 9.80 Å². The van der Waals surface area contributed by atoms with Crippen molar-refractivity contribution < 1.29 is 38.1 Å². The third-order valence-corrected chi connectivity index (χ3v) is 8.33. The Balaban J connectivity index is 1.18. The van der Waals surface area contributed by atoms with Gasteiger partial charge >= 0.3 is 0 Å². The number of hydrogen-bond acceptors (Lipinski definition) is 8. The Hall–Kier alpha value is -4.08. The van der Waals surface area contributed by atoms with E-state index in [1.165, 1.54) is 13.8 Å². The maximum Gasteiger partial charge on any atom is 0.254 e. The SMILES string of the molecule is CC(=O)C1COc2ccc(C(=O)N3CC4(C)CN(C(=O)c5ccc6c(c5)OC(C(C)=O)CO6)CC(C)(C3)C4)cc2O1. The maximum absolute atomic E-state index is 13.7. The third kappa shape index (κ3) is 5.11. The number of Topliss-reactive ketones (excluding diaryl/α,β-unsaturated/α-hetero) is 2. The molecular formula is C31H34N2O8. The molecular weight excluding hydrogens is 528 g/mol. The lowest BCUT2D eigenvalue weighted by molar-refractivity contribution is -0.126. The molecule has 4 aliphatic rings. The Morgan fingerprint density at radius 3 is 1.41 bits per heavy atom. The highest BCUT2D eigenvalue weighted by molar-refractivity contribution is 5.96. The second kappa shape index (κ2) is 9.78. The average Bonchev–Trinajstić information content (AvgIpc) is 2.93. The van der Waals surface area contributed by atoms with Crippen LogP contribution in [0.1, 0.15) is 54.8 Å². The highest BCUT2D eigenvalue weighted by Crippen LogP contribution is 2.46. The molecule has 0 aliphatic carbocycles. The molecule has 10 heteroatoms. The van der Waals surface area contributed by atoms with Gasteiger partial charge in [-0.3, -0.25) is 19.2 Å². The van der Waals surface area contributed by atoms with Crippen LogP contribution < -0.4 is 18.9 Å². The first-order valence-electron chi connectivity index (χ1n) is 13.9. The number of hydrogen-bond donors (Lipinski definition) is 0. The van der Waals surface area contributed by atoms with Crippen molar-refractivity contribution in [2.24, 2.45) is 10.8 Å². The van der Waals surface area contributed by atoms with Crippen LogP contribution in [0, 0.1) is 10.8 Å². The van der Waals surface area contributed by atoms with Gasteiger partial charge < -0.3 is 28.7 Å². The molecule has 2 aromatic carbocycles. The number of carbonyl (C=O) groups excluding carboxylic acids is 4. The molecule has 2 fully saturated rings. The Bertz CT molecular complexity index is 1330. The molecule has 0 N–H and O–H groups in total. The number of nitrogens with zero attached hydrogens (tertiary/aromatic N) is 2. The number of rotatable bonds is 4. The van der Waals surface area contributed by atoms with Crippen molar-refractivity contribution in [1.29, 1.82) is 0 Å². The lowest BCUT2D eigenvalue weighted by Crippen LogP contribution is -2.64. The minimum absolute atomic E-state index is 0.120.